The first-order chi connectivity index (χ1) is 9.49. The quantitative estimate of drug-likeness (QED) is 0.876. The normalized spacial score (nSPS) is 17.6. The average molecular weight is 316 g/mol. The SMILES string of the molecule is CC(c1cc(Cl)ccc1Cl)N(CC(=O)O)C1CCCC1. The van der Waals surface area contributed by atoms with Gasteiger partial charge in [-0.3, -0.25) is 9.69 Å². The van der Waals surface area contributed by atoms with Crippen molar-refractivity contribution in [3.63, 3.8) is 0 Å². The zero-order valence-corrected chi connectivity index (χ0v) is 13.0. The molecule has 0 aliphatic heterocycles. The van der Waals surface area contributed by atoms with Gasteiger partial charge in [-0.1, -0.05) is 36.0 Å². The third-order valence-electron chi connectivity index (χ3n) is 4.02. The van der Waals surface area contributed by atoms with Crippen LogP contribution in [0, 0.1) is 0 Å². The molecule has 20 heavy (non-hydrogen) atoms. The fourth-order valence-corrected chi connectivity index (χ4v) is 3.44. The summed E-state index contributed by atoms with van der Waals surface area (Å²) in [5.41, 5.74) is 0.896. The van der Waals surface area contributed by atoms with Crippen LogP contribution in [0.5, 0.6) is 0 Å². The van der Waals surface area contributed by atoms with Crippen molar-refractivity contribution < 1.29 is 9.90 Å². The maximum absolute atomic E-state index is 11.2. The maximum atomic E-state index is 11.2. The van der Waals surface area contributed by atoms with Crippen LogP contribution in [-0.4, -0.2) is 28.6 Å². The minimum atomic E-state index is -0.804. The Kier molecular flexibility index (Phi) is 5.30. The van der Waals surface area contributed by atoms with E-state index < -0.39 is 5.97 Å². The van der Waals surface area contributed by atoms with E-state index in [0.29, 0.717) is 16.1 Å². The third-order valence-corrected chi connectivity index (χ3v) is 4.60. The molecule has 0 spiro atoms. The highest BCUT2D eigenvalue weighted by atomic mass is 35.5. The minimum absolute atomic E-state index is 0.0364. The Hall–Kier alpha value is -0.770. The summed E-state index contributed by atoms with van der Waals surface area (Å²) in [6.07, 6.45) is 4.43. The number of halogens is 2. The molecule has 1 aromatic rings. The van der Waals surface area contributed by atoms with Gasteiger partial charge in [0, 0.05) is 22.1 Å². The van der Waals surface area contributed by atoms with Crippen molar-refractivity contribution in [3.05, 3.63) is 33.8 Å². The molecule has 0 bridgehead atoms. The minimum Gasteiger partial charge on any atom is -0.480 e. The topological polar surface area (TPSA) is 40.5 Å². The van der Waals surface area contributed by atoms with E-state index in [1.54, 1.807) is 12.1 Å². The molecular formula is C15H19Cl2NO2. The second-order valence-electron chi connectivity index (χ2n) is 5.35. The molecule has 3 nitrogen and oxygen atoms in total. The second-order valence-corrected chi connectivity index (χ2v) is 6.19. The summed E-state index contributed by atoms with van der Waals surface area (Å²) < 4.78 is 0. The van der Waals surface area contributed by atoms with Gasteiger partial charge in [-0.05, 0) is 43.5 Å². The first-order valence-corrected chi connectivity index (χ1v) is 7.67. The smallest absolute Gasteiger partial charge is 0.317 e. The van der Waals surface area contributed by atoms with E-state index in [9.17, 15) is 4.79 Å². The van der Waals surface area contributed by atoms with E-state index in [2.05, 4.69) is 0 Å². The van der Waals surface area contributed by atoms with Crippen molar-refractivity contribution in [2.75, 3.05) is 6.54 Å². The van der Waals surface area contributed by atoms with E-state index >= 15 is 0 Å². The van der Waals surface area contributed by atoms with Gasteiger partial charge in [0.25, 0.3) is 0 Å². The number of carbonyl (C=O) groups is 1. The number of hydrogen-bond donors (Lipinski definition) is 1. The Bertz CT molecular complexity index is 487. The summed E-state index contributed by atoms with van der Waals surface area (Å²) in [4.78, 5) is 13.2. The van der Waals surface area contributed by atoms with E-state index in [4.69, 9.17) is 28.3 Å². The summed E-state index contributed by atoms with van der Waals surface area (Å²) >= 11 is 12.3. The molecule has 1 aliphatic rings. The zero-order valence-electron chi connectivity index (χ0n) is 11.5. The second kappa shape index (κ2) is 6.79. The van der Waals surface area contributed by atoms with Gasteiger partial charge in [0.05, 0.1) is 6.54 Å². The lowest BCUT2D eigenvalue weighted by atomic mass is 10.0. The number of nitrogens with zero attached hydrogens (tertiary/aromatic N) is 1. The number of benzene rings is 1. The predicted molar refractivity (Wildman–Crippen MR) is 81.5 cm³/mol. The highest BCUT2D eigenvalue weighted by molar-refractivity contribution is 6.33. The number of hydrogen-bond acceptors (Lipinski definition) is 2. The molecule has 0 saturated heterocycles. The molecule has 1 aliphatic carbocycles. The Labute approximate surface area is 129 Å². The summed E-state index contributed by atoms with van der Waals surface area (Å²) in [5, 5.41) is 10.4. The Balaban J connectivity index is 2.26. The molecule has 0 radical (unpaired) electrons. The monoisotopic (exact) mass is 315 g/mol. The third kappa shape index (κ3) is 3.66. The standard InChI is InChI=1S/C15H19Cl2NO2/c1-10(13-8-11(16)6-7-14(13)17)18(9-15(19)20)12-4-2-3-5-12/h6-8,10,12H,2-5,9H2,1H3,(H,19,20). The molecule has 1 unspecified atom stereocenters. The van der Waals surface area contributed by atoms with Crippen LogP contribution in [0.1, 0.15) is 44.2 Å². The van der Waals surface area contributed by atoms with Crippen molar-refractivity contribution in [1.82, 2.24) is 4.90 Å². The Morgan fingerprint density at radius 2 is 2.05 bits per heavy atom. The van der Waals surface area contributed by atoms with Crippen molar-refractivity contribution >= 4 is 29.2 Å². The van der Waals surface area contributed by atoms with Crippen molar-refractivity contribution in [3.8, 4) is 0 Å². The lowest BCUT2D eigenvalue weighted by molar-refractivity contribution is -0.139. The van der Waals surface area contributed by atoms with Crippen LogP contribution in [0.15, 0.2) is 18.2 Å². The summed E-state index contributed by atoms with van der Waals surface area (Å²) in [6.45, 7) is 2.04. The van der Waals surface area contributed by atoms with Crippen molar-refractivity contribution in [2.24, 2.45) is 0 Å². The molecule has 1 aromatic carbocycles. The molecule has 2 rings (SSSR count). The molecule has 110 valence electrons. The van der Waals surface area contributed by atoms with Gasteiger partial charge in [0.1, 0.15) is 0 Å². The number of carboxylic acids is 1. The average Bonchev–Trinajstić information content (AvgIpc) is 2.91. The Morgan fingerprint density at radius 1 is 1.40 bits per heavy atom. The van der Waals surface area contributed by atoms with Crippen LogP contribution in [-0.2, 0) is 4.79 Å². The van der Waals surface area contributed by atoms with Gasteiger partial charge in [0.2, 0.25) is 0 Å². The van der Waals surface area contributed by atoms with E-state index in [0.717, 1.165) is 31.2 Å². The molecule has 0 aromatic heterocycles. The predicted octanol–water partition coefficient (Wildman–Crippen LogP) is 4.38. The van der Waals surface area contributed by atoms with Gasteiger partial charge in [-0.25, -0.2) is 0 Å². The Morgan fingerprint density at radius 3 is 2.65 bits per heavy atom. The number of aliphatic carboxylic acids is 1. The van der Waals surface area contributed by atoms with Crippen molar-refractivity contribution in [1.29, 1.82) is 0 Å². The van der Waals surface area contributed by atoms with Crippen LogP contribution in [0.4, 0.5) is 0 Å². The zero-order chi connectivity index (χ0) is 14.7. The molecule has 1 saturated carbocycles. The van der Waals surface area contributed by atoms with E-state index in [1.807, 2.05) is 17.9 Å². The molecule has 1 atom stereocenters. The van der Waals surface area contributed by atoms with Gasteiger partial charge >= 0.3 is 5.97 Å². The number of rotatable bonds is 5. The first kappa shape index (κ1) is 15.6. The van der Waals surface area contributed by atoms with Gasteiger partial charge in [0.15, 0.2) is 0 Å². The number of carboxylic acid groups (broad SMARTS) is 1. The molecule has 1 N–H and O–H groups in total. The van der Waals surface area contributed by atoms with Crippen molar-refractivity contribution in [2.45, 2.75) is 44.7 Å². The van der Waals surface area contributed by atoms with Crippen LogP contribution in [0.2, 0.25) is 10.0 Å². The fraction of sp³-hybridized carbons (Fsp3) is 0.533. The molecule has 0 heterocycles. The molecule has 5 heteroatoms. The van der Waals surface area contributed by atoms with Crippen LogP contribution >= 0.6 is 23.2 Å². The lowest BCUT2D eigenvalue weighted by Gasteiger charge is -2.33. The molecular weight excluding hydrogens is 297 g/mol. The lowest BCUT2D eigenvalue weighted by Crippen LogP contribution is -2.39. The maximum Gasteiger partial charge on any atom is 0.317 e. The van der Waals surface area contributed by atoms with Gasteiger partial charge in [-0.2, -0.15) is 0 Å². The largest absolute Gasteiger partial charge is 0.480 e. The van der Waals surface area contributed by atoms with Gasteiger partial charge < -0.3 is 5.11 Å². The summed E-state index contributed by atoms with van der Waals surface area (Å²) in [7, 11) is 0. The highest BCUT2D eigenvalue weighted by Gasteiger charge is 2.29. The molecule has 1 fully saturated rings. The first-order valence-electron chi connectivity index (χ1n) is 6.91. The van der Waals surface area contributed by atoms with Crippen LogP contribution in [0.3, 0.4) is 0 Å². The summed E-state index contributed by atoms with van der Waals surface area (Å²) in [5.74, 6) is -0.804. The van der Waals surface area contributed by atoms with Crippen LogP contribution in [0.25, 0.3) is 0 Å². The van der Waals surface area contributed by atoms with Crippen LogP contribution < -0.4 is 0 Å². The molecule has 0 amide bonds. The fourth-order valence-electron chi connectivity index (χ4n) is 2.99. The van der Waals surface area contributed by atoms with E-state index in [-0.39, 0.29) is 12.6 Å². The summed E-state index contributed by atoms with van der Waals surface area (Å²) in [6, 6.07) is 5.61. The highest BCUT2D eigenvalue weighted by Crippen LogP contribution is 2.34. The van der Waals surface area contributed by atoms with Gasteiger partial charge in [-0.15, -0.1) is 0 Å². The van der Waals surface area contributed by atoms with E-state index in [1.165, 1.54) is 0 Å².